The van der Waals surface area contributed by atoms with Crippen LogP contribution < -0.4 is 10.6 Å². The van der Waals surface area contributed by atoms with Crippen molar-refractivity contribution in [2.75, 3.05) is 18.5 Å². The molecular weight excluding hydrogens is 340 g/mol. The highest BCUT2D eigenvalue weighted by Crippen LogP contribution is 2.23. The molecule has 1 amide bonds. The average Bonchev–Trinajstić information content (AvgIpc) is 3.41. The van der Waals surface area contributed by atoms with Gasteiger partial charge in [0.2, 0.25) is 0 Å². The van der Waals surface area contributed by atoms with Gasteiger partial charge in [0.05, 0.1) is 11.8 Å². The monoisotopic (exact) mass is 366 g/mol. The summed E-state index contributed by atoms with van der Waals surface area (Å²) >= 11 is 0. The van der Waals surface area contributed by atoms with Gasteiger partial charge < -0.3 is 15.4 Å². The molecule has 2 heterocycles. The Labute approximate surface area is 159 Å². The fourth-order valence-electron chi connectivity index (χ4n) is 3.78. The summed E-state index contributed by atoms with van der Waals surface area (Å²) in [5, 5.41) is 15.0. The maximum atomic E-state index is 12.4. The summed E-state index contributed by atoms with van der Waals surface area (Å²) in [4.78, 5) is 12.4. The molecule has 2 aliphatic rings. The Bertz CT molecular complexity index is 766. The number of ether oxygens (including phenoxy) is 1. The first-order valence-electron chi connectivity index (χ1n) is 9.88. The third-order valence-electron chi connectivity index (χ3n) is 5.31. The molecule has 0 bridgehead atoms. The molecule has 2 aromatic rings. The number of nitrogens with one attached hydrogen (secondary N) is 2. The maximum absolute atomic E-state index is 12.4. The van der Waals surface area contributed by atoms with Crippen LogP contribution in [-0.4, -0.2) is 41.4 Å². The van der Waals surface area contributed by atoms with Crippen molar-refractivity contribution in [1.29, 1.82) is 0 Å². The lowest BCUT2D eigenvalue weighted by atomic mass is 10.1. The van der Waals surface area contributed by atoms with Gasteiger partial charge in [0.15, 0.2) is 0 Å². The van der Waals surface area contributed by atoms with Crippen molar-refractivity contribution in [3.8, 4) is 11.3 Å². The summed E-state index contributed by atoms with van der Waals surface area (Å²) in [5.74, 6) is 0.732. The van der Waals surface area contributed by atoms with E-state index in [-0.39, 0.29) is 12.0 Å². The summed E-state index contributed by atoms with van der Waals surface area (Å²) in [6.07, 6.45) is 7.19. The van der Waals surface area contributed by atoms with Gasteiger partial charge in [-0.15, -0.1) is 10.2 Å². The van der Waals surface area contributed by atoms with Crippen molar-refractivity contribution < 1.29 is 9.53 Å². The molecule has 27 heavy (non-hydrogen) atoms. The van der Waals surface area contributed by atoms with Crippen LogP contribution in [0.15, 0.2) is 36.4 Å². The third-order valence-corrected chi connectivity index (χ3v) is 5.31. The Morgan fingerprint density at radius 3 is 2.70 bits per heavy atom. The summed E-state index contributed by atoms with van der Waals surface area (Å²) in [6.45, 7) is 1.35. The van der Waals surface area contributed by atoms with Crippen LogP contribution in [0.1, 0.15) is 48.9 Å². The van der Waals surface area contributed by atoms with E-state index < -0.39 is 0 Å². The largest absolute Gasteiger partial charge is 0.376 e. The molecule has 1 saturated carbocycles. The Hall–Kier alpha value is -2.47. The van der Waals surface area contributed by atoms with Crippen LogP contribution in [0.2, 0.25) is 0 Å². The van der Waals surface area contributed by atoms with E-state index in [4.69, 9.17) is 4.74 Å². The zero-order valence-electron chi connectivity index (χ0n) is 15.5. The number of carbonyl (C=O) groups is 1. The number of amides is 1. The van der Waals surface area contributed by atoms with Gasteiger partial charge >= 0.3 is 0 Å². The SMILES string of the molecule is O=C(NCC1CCCO1)c1cccc(-c2ccc(NC3CCCC3)nn2)c1. The van der Waals surface area contributed by atoms with Crippen molar-refractivity contribution >= 4 is 11.7 Å². The molecule has 6 nitrogen and oxygen atoms in total. The fraction of sp³-hybridized carbons (Fsp3) is 0.476. The van der Waals surface area contributed by atoms with Gasteiger partial charge in [-0.2, -0.15) is 0 Å². The average molecular weight is 366 g/mol. The van der Waals surface area contributed by atoms with Gasteiger partial charge in [0.25, 0.3) is 5.91 Å². The zero-order valence-corrected chi connectivity index (χ0v) is 15.5. The van der Waals surface area contributed by atoms with Crippen molar-refractivity contribution in [3.63, 3.8) is 0 Å². The molecule has 2 N–H and O–H groups in total. The van der Waals surface area contributed by atoms with E-state index in [1.54, 1.807) is 0 Å². The molecule has 6 heteroatoms. The van der Waals surface area contributed by atoms with Gasteiger partial charge in [-0.05, 0) is 49.9 Å². The van der Waals surface area contributed by atoms with E-state index in [9.17, 15) is 4.79 Å². The predicted octanol–water partition coefficient (Wildman–Crippen LogP) is 3.41. The minimum atomic E-state index is -0.0835. The molecule has 1 aliphatic heterocycles. The number of rotatable bonds is 6. The number of carbonyl (C=O) groups excluding carboxylic acids is 1. The summed E-state index contributed by atoms with van der Waals surface area (Å²) in [7, 11) is 0. The van der Waals surface area contributed by atoms with Crippen molar-refractivity contribution in [1.82, 2.24) is 15.5 Å². The molecule has 4 rings (SSSR count). The van der Waals surface area contributed by atoms with Crippen LogP contribution in [0, 0.1) is 0 Å². The van der Waals surface area contributed by atoms with Gasteiger partial charge in [0.1, 0.15) is 5.82 Å². The predicted molar refractivity (Wildman–Crippen MR) is 105 cm³/mol. The first kappa shape index (κ1) is 17.9. The number of hydrogen-bond acceptors (Lipinski definition) is 5. The van der Waals surface area contributed by atoms with Crippen LogP contribution in [-0.2, 0) is 4.74 Å². The van der Waals surface area contributed by atoms with Crippen molar-refractivity contribution in [3.05, 3.63) is 42.0 Å². The number of nitrogens with zero attached hydrogens (tertiary/aromatic N) is 2. The normalized spacial score (nSPS) is 19.9. The Morgan fingerprint density at radius 2 is 1.96 bits per heavy atom. The first-order chi connectivity index (χ1) is 13.3. The van der Waals surface area contributed by atoms with Crippen molar-refractivity contribution in [2.24, 2.45) is 0 Å². The molecule has 2 fully saturated rings. The lowest BCUT2D eigenvalue weighted by Crippen LogP contribution is -2.31. The summed E-state index contributed by atoms with van der Waals surface area (Å²) in [6, 6.07) is 11.9. The van der Waals surface area contributed by atoms with E-state index >= 15 is 0 Å². The van der Waals surface area contributed by atoms with Crippen LogP contribution in [0.4, 0.5) is 5.82 Å². The molecule has 1 atom stereocenters. The van der Waals surface area contributed by atoms with Gasteiger partial charge in [-0.1, -0.05) is 25.0 Å². The number of benzene rings is 1. The molecule has 0 spiro atoms. The Kier molecular flexibility index (Phi) is 5.63. The van der Waals surface area contributed by atoms with E-state index in [0.29, 0.717) is 18.2 Å². The topological polar surface area (TPSA) is 76.1 Å². The minimum absolute atomic E-state index is 0.0835. The summed E-state index contributed by atoms with van der Waals surface area (Å²) < 4.78 is 5.55. The molecule has 1 unspecified atom stereocenters. The van der Waals surface area contributed by atoms with E-state index in [1.807, 2.05) is 36.4 Å². The van der Waals surface area contributed by atoms with Crippen LogP contribution >= 0.6 is 0 Å². The van der Waals surface area contributed by atoms with Gasteiger partial charge in [-0.25, -0.2) is 0 Å². The smallest absolute Gasteiger partial charge is 0.251 e. The van der Waals surface area contributed by atoms with E-state index in [2.05, 4.69) is 20.8 Å². The van der Waals surface area contributed by atoms with Gasteiger partial charge in [0, 0.05) is 30.3 Å². The standard InChI is InChI=1S/C21H26N4O2/c26-21(22-14-18-9-4-12-27-18)16-6-3-5-15(13-16)19-10-11-20(25-24-19)23-17-7-1-2-8-17/h3,5-6,10-11,13,17-18H,1-2,4,7-9,12,14H2,(H,22,26)(H,23,25). The van der Waals surface area contributed by atoms with Crippen LogP contribution in [0.25, 0.3) is 11.3 Å². The zero-order chi connectivity index (χ0) is 18.5. The molecular formula is C21H26N4O2. The lowest BCUT2D eigenvalue weighted by molar-refractivity contribution is 0.0858. The van der Waals surface area contributed by atoms with Gasteiger partial charge in [-0.3, -0.25) is 4.79 Å². The third kappa shape index (κ3) is 4.63. The van der Waals surface area contributed by atoms with E-state index in [1.165, 1.54) is 25.7 Å². The lowest BCUT2D eigenvalue weighted by Gasteiger charge is -2.12. The second-order valence-electron chi connectivity index (χ2n) is 7.36. The molecule has 142 valence electrons. The van der Waals surface area contributed by atoms with E-state index in [0.717, 1.165) is 36.5 Å². The molecule has 1 saturated heterocycles. The second kappa shape index (κ2) is 8.48. The quantitative estimate of drug-likeness (QED) is 0.819. The van der Waals surface area contributed by atoms with Crippen LogP contribution in [0.3, 0.4) is 0 Å². The fourth-order valence-corrected chi connectivity index (χ4v) is 3.78. The highest BCUT2D eigenvalue weighted by atomic mass is 16.5. The molecule has 1 aromatic heterocycles. The van der Waals surface area contributed by atoms with Crippen LogP contribution in [0.5, 0.6) is 0 Å². The highest BCUT2D eigenvalue weighted by molar-refractivity contribution is 5.95. The minimum Gasteiger partial charge on any atom is -0.376 e. The first-order valence-corrected chi connectivity index (χ1v) is 9.88. The maximum Gasteiger partial charge on any atom is 0.251 e. The molecule has 0 radical (unpaired) electrons. The number of anilines is 1. The second-order valence-corrected chi connectivity index (χ2v) is 7.36. The number of hydrogen-bond donors (Lipinski definition) is 2. The Morgan fingerprint density at radius 1 is 1.07 bits per heavy atom. The van der Waals surface area contributed by atoms with Crippen molar-refractivity contribution in [2.45, 2.75) is 50.7 Å². The summed E-state index contributed by atoms with van der Waals surface area (Å²) in [5.41, 5.74) is 2.28. The Balaban J connectivity index is 1.39. The highest BCUT2D eigenvalue weighted by Gasteiger charge is 2.17. The molecule has 1 aromatic carbocycles. The number of aromatic nitrogens is 2. The molecule has 1 aliphatic carbocycles.